The second kappa shape index (κ2) is 10.3. The number of hydrogen-bond donors (Lipinski definition) is 3. The first-order valence-electron chi connectivity index (χ1n) is 10.6. The normalized spacial score (nSPS) is 17.4. The van der Waals surface area contributed by atoms with Crippen LogP contribution in [0.2, 0.25) is 0 Å². The molecule has 0 saturated carbocycles. The number of carbonyl (C=O) groups excluding carboxylic acids is 2. The molecular formula is C24H32N3O3+. The Balaban J connectivity index is 1.60. The van der Waals surface area contributed by atoms with Crippen molar-refractivity contribution in [3.63, 3.8) is 0 Å². The Kier molecular flexibility index (Phi) is 7.46. The Morgan fingerprint density at radius 2 is 1.83 bits per heavy atom. The fourth-order valence-electron chi connectivity index (χ4n) is 3.75. The fraction of sp³-hybridized carbons (Fsp3) is 0.417. The molecule has 0 aromatic heterocycles. The summed E-state index contributed by atoms with van der Waals surface area (Å²) in [7, 11) is 1.62. The highest BCUT2D eigenvalue weighted by molar-refractivity contribution is 5.89. The SMILES string of the molecule is CC[C@@H](C)[C@H](NC(=O)[C@@H]1Cc2ccccc2C[NH2+]1)C(=O)NCc1ccc(OC)cc1. The van der Waals surface area contributed by atoms with Gasteiger partial charge in [-0.2, -0.15) is 0 Å². The lowest BCUT2D eigenvalue weighted by Gasteiger charge is -2.27. The van der Waals surface area contributed by atoms with Crippen LogP contribution in [0.3, 0.4) is 0 Å². The van der Waals surface area contributed by atoms with Crippen LogP contribution in [-0.2, 0) is 29.1 Å². The highest BCUT2D eigenvalue weighted by atomic mass is 16.5. The van der Waals surface area contributed by atoms with Crippen molar-refractivity contribution in [3.05, 3.63) is 65.2 Å². The number of nitrogens with two attached hydrogens (primary N) is 1. The van der Waals surface area contributed by atoms with Crippen molar-refractivity contribution >= 4 is 11.8 Å². The third-order valence-electron chi connectivity index (χ3n) is 5.94. The van der Waals surface area contributed by atoms with Crippen molar-refractivity contribution in [2.24, 2.45) is 5.92 Å². The van der Waals surface area contributed by atoms with Gasteiger partial charge in [-0.15, -0.1) is 0 Å². The zero-order chi connectivity index (χ0) is 21.5. The van der Waals surface area contributed by atoms with E-state index in [4.69, 9.17) is 4.74 Å². The topological polar surface area (TPSA) is 84.0 Å². The molecule has 1 aliphatic rings. The van der Waals surface area contributed by atoms with Crippen molar-refractivity contribution in [3.8, 4) is 5.75 Å². The molecule has 1 aliphatic heterocycles. The van der Waals surface area contributed by atoms with Crippen molar-refractivity contribution < 1.29 is 19.6 Å². The molecule has 0 radical (unpaired) electrons. The molecule has 2 amide bonds. The van der Waals surface area contributed by atoms with E-state index in [2.05, 4.69) is 28.1 Å². The smallest absolute Gasteiger partial charge is 0.279 e. The molecule has 0 aliphatic carbocycles. The highest BCUT2D eigenvalue weighted by Crippen LogP contribution is 2.15. The quantitative estimate of drug-likeness (QED) is 0.617. The molecule has 160 valence electrons. The molecule has 0 unspecified atom stereocenters. The number of fused-ring (bicyclic) bond motifs is 1. The van der Waals surface area contributed by atoms with Crippen molar-refractivity contribution in [2.45, 2.75) is 51.9 Å². The van der Waals surface area contributed by atoms with E-state index in [-0.39, 0.29) is 23.8 Å². The number of quaternary nitrogens is 1. The molecule has 3 rings (SSSR count). The molecule has 0 saturated heterocycles. The van der Waals surface area contributed by atoms with E-state index in [9.17, 15) is 9.59 Å². The number of carbonyl (C=O) groups is 2. The second-order valence-electron chi connectivity index (χ2n) is 7.96. The first-order valence-corrected chi connectivity index (χ1v) is 10.6. The Morgan fingerprint density at radius 3 is 2.50 bits per heavy atom. The maximum Gasteiger partial charge on any atom is 0.279 e. The molecule has 0 spiro atoms. The molecule has 0 bridgehead atoms. The summed E-state index contributed by atoms with van der Waals surface area (Å²) in [4.78, 5) is 25.8. The van der Waals surface area contributed by atoms with Gasteiger partial charge < -0.3 is 20.7 Å². The van der Waals surface area contributed by atoms with E-state index < -0.39 is 6.04 Å². The average Bonchev–Trinajstić information content (AvgIpc) is 2.80. The number of methoxy groups -OCH3 is 1. The minimum absolute atomic E-state index is 0.0423. The van der Waals surface area contributed by atoms with E-state index in [1.807, 2.05) is 50.2 Å². The molecule has 3 atom stereocenters. The van der Waals surface area contributed by atoms with Crippen LogP contribution >= 0.6 is 0 Å². The number of hydrogen-bond acceptors (Lipinski definition) is 3. The third kappa shape index (κ3) is 5.39. The van der Waals surface area contributed by atoms with Crippen LogP contribution in [0.15, 0.2) is 48.5 Å². The summed E-state index contributed by atoms with van der Waals surface area (Å²) in [5.41, 5.74) is 3.47. The molecule has 6 nitrogen and oxygen atoms in total. The molecular weight excluding hydrogens is 378 g/mol. The number of benzene rings is 2. The van der Waals surface area contributed by atoms with Gasteiger partial charge in [0.25, 0.3) is 5.91 Å². The maximum absolute atomic E-state index is 13.0. The van der Waals surface area contributed by atoms with E-state index >= 15 is 0 Å². The minimum Gasteiger partial charge on any atom is -0.497 e. The molecule has 6 heteroatoms. The number of amides is 2. The average molecular weight is 411 g/mol. The molecule has 4 N–H and O–H groups in total. The zero-order valence-corrected chi connectivity index (χ0v) is 18.0. The van der Waals surface area contributed by atoms with Crippen molar-refractivity contribution in [1.29, 1.82) is 0 Å². The predicted molar refractivity (Wildman–Crippen MR) is 116 cm³/mol. The summed E-state index contributed by atoms with van der Waals surface area (Å²) in [5, 5.41) is 8.05. The van der Waals surface area contributed by atoms with Gasteiger partial charge in [0.1, 0.15) is 18.3 Å². The van der Waals surface area contributed by atoms with Crippen LogP contribution in [0.1, 0.15) is 37.0 Å². The van der Waals surface area contributed by atoms with Crippen molar-refractivity contribution in [2.75, 3.05) is 7.11 Å². The van der Waals surface area contributed by atoms with Gasteiger partial charge in [-0.25, -0.2) is 0 Å². The van der Waals surface area contributed by atoms with Crippen LogP contribution in [-0.4, -0.2) is 31.0 Å². The van der Waals surface area contributed by atoms with Gasteiger partial charge in [-0.3, -0.25) is 9.59 Å². The monoisotopic (exact) mass is 410 g/mol. The van der Waals surface area contributed by atoms with Gasteiger partial charge in [-0.05, 0) is 29.2 Å². The molecule has 2 aromatic carbocycles. The highest BCUT2D eigenvalue weighted by Gasteiger charge is 2.32. The third-order valence-corrected chi connectivity index (χ3v) is 5.94. The van der Waals surface area contributed by atoms with Gasteiger partial charge in [0.15, 0.2) is 6.04 Å². The maximum atomic E-state index is 13.0. The molecule has 2 aromatic rings. The van der Waals surface area contributed by atoms with E-state index in [1.165, 1.54) is 11.1 Å². The number of nitrogens with one attached hydrogen (secondary N) is 2. The van der Waals surface area contributed by atoms with Crippen LogP contribution in [0.4, 0.5) is 0 Å². The van der Waals surface area contributed by atoms with Crippen LogP contribution in [0.5, 0.6) is 5.75 Å². The van der Waals surface area contributed by atoms with E-state index in [0.29, 0.717) is 13.0 Å². The van der Waals surface area contributed by atoms with Gasteiger partial charge in [0, 0.05) is 18.5 Å². The van der Waals surface area contributed by atoms with Crippen LogP contribution in [0.25, 0.3) is 0 Å². The minimum atomic E-state index is -0.550. The summed E-state index contributed by atoms with van der Waals surface area (Å²) in [6.07, 6.45) is 1.49. The van der Waals surface area contributed by atoms with Gasteiger partial charge in [0.2, 0.25) is 5.91 Å². The molecule has 1 heterocycles. The second-order valence-corrected chi connectivity index (χ2v) is 7.96. The fourth-order valence-corrected chi connectivity index (χ4v) is 3.75. The van der Waals surface area contributed by atoms with Gasteiger partial charge in [-0.1, -0.05) is 56.7 Å². The van der Waals surface area contributed by atoms with Gasteiger partial charge in [0.05, 0.1) is 7.11 Å². The lowest BCUT2D eigenvalue weighted by molar-refractivity contribution is -0.695. The lowest BCUT2D eigenvalue weighted by atomic mass is 9.94. The molecule has 30 heavy (non-hydrogen) atoms. The summed E-state index contributed by atoms with van der Waals surface area (Å²) >= 11 is 0. The summed E-state index contributed by atoms with van der Waals surface area (Å²) in [5.74, 6) is 0.597. The van der Waals surface area contributed by atoms with Crippen LogP contribution < -0.4 is 20.7 Å². The summed E-state index contributed by atoms with van der Waals surface area (Å²) < 4.78 is 5.16. The first-order chi connectivity index (χ1) is 14.5. The number of ether oxygens (including phenoxy) is 1. The standard InChI is InChI=1S/C24H31N3O3/c1-4-16(2)22(24(29)26-14-17-9-11-20(30-3)12-10-17)27-23(28)21-13-18-7-5-6-8-19(18)15-25-21/h5-12,16,21-22,25H,4,13-15H2,1-3H3,(H,26,29)(H,27,28)/p+1/t16-,21+,22+/m1/s1. The number of rotatable bonds is 8. The zero-order valence-electron chi connectivity index (χ0n) is 18.0. The van der Waals surface area contributed by atoms with E-state index in [1.54, 1.807) is 7.11 Å². The predicted octanol–water partition coefficient (Wildman–Crippen LogP) is 1.53. The lowest BCUT2D eigenvalue weighted by Crippen LogP contribution is -2.93. The largest absolute Gasteiger partial charge is 0.497 e. The van der Waals surface area contributed by atoms with Gasteiger partial charge >= 0.3 is 0 Å². The Morgan fingerprint density at radius 1 is 1.13 bits per heavy atom. The Hall–Kier alpha value is -2.86. The first kappa shape index (κ1) is 21.8. The van der Waals surface area contributed by atoms with Crippen LogP contribution in [0, 0.1) is 5.92 Å². The van der Waals surface area contributed by atoms with E-state index in [0.717, 1.165) is 24.3 Å². The summed E-state index contributed by atoms with van der Waals surface area (Å²) in [6, 6.07) is 15.0. The Labute approximate surface area is 178 Å². The summed E-state index contributed by atoms with van der Waals surface area (Å²) in [6.45, 7) is 5.22. The van der Waals surface area contributed by atoms with Crippen molar-refractivity contribution in [1.82, 2.24) is 10.6 Å². The molecule has 0 fully saturated rings. The Bertz CT molecular complexity index is 866.